The van der Waals surface area contributed by atoms with E-state index in [9.17, 15) is 13.2 Å². The van der Waals surface area contributed by atoms with Crippen molar-refractivity contribution in [3.8, 4) is 0 Å². The lowest BCUT2D eigenvalue weighted by atomic mass is 9.88. The second-order valence-electron chi connectivity index (χ2n) is 6.03. The van der Waals surface area contributed by atoms with E-state index in [1.54, 1.807) is 6.07 Å². The Hall–Kier alpha value is -1.66. The molecule has 2 aromatic rings. The fourth-order valence-electron chi connectivity index (χ4n) is 2.88. The van der Waals surface area contributed by atoms with E-state index in [2.05, 4.69) is 11.6 Å². The Morgan fingerprint density at radius 2 is 1.82 bits per heavy atom. The molecule has 6 heteroatoms. The number of nitrogens with one attached hydrogen (secondary N) is 1. The lowest BCUT2D eigenvalue weighted by Gasteiger charge is -2.26. The van der Waals surface area contributed by atoms with E-state index in [4.69, 9.17) is 4.42 Å². The van der Waals surface area contributed by atoms with E-state index >= 15 is 0 Å². The topological polar surface area (TPSA) is 76.4 Å². The molecule has 1 N–H and O–H groups in total. The van der Waals surface area contributed by atoms with Crippen LogP contribution >= 0.6 is 0 Å². The van der Waals surface area contributed by atoms with E-state index in [1.807, 2.05) is 0 Å². The van der Waals surface area contributed by atoms with Crippen LogP contribution in [0.15, 0.2) is 44.4 Å². The first-order chi connectivity index (χ1) is 10.4. The van der Waals surface area contributed by atoms with E-state index in [1.165, 1.54) is 24.3 Å². The third kappa shape index (κ3) is 3.23. The highest BCUT2D eigenvalue weighted by Crippen LogP contribution is 2.25. The van der Waals surface area contributed by atoms with Crippen molar-refractivity contribution in [2.24, 2.45) is 5.92 Å². The van der Waals surface area contributed by atoms with Gasteiger partial charge < -0.3 is 4.42 Å². The number of hydrogen-bond acceptors (Lipinski definition) is 4. The summed E-state index contributed by atoms with van der Waals surface area (Å²) in [6.45, 7) is 2.20. The minimum atomic E-state index is -3.55. The first-order valence-electron chi connectivity index (χ1n) is 7.50. The van der Waals surface area contributed by atoms with E-state index in [-0.39, 0.29) is 10.9 Å². The van der Waals surface area contributed by atoms with Crippen LogP contribution in [0.25, 0.3) is 11.0 Å². The fraction of sp³-hybridized carbons (Fsp3) is 0.438. The van der Waals surface area contributed by atoms with Crippen LogP contribution in [0.5, 0.6) is 0 Å². The van der Waals surface area contributed by atoms with Crippen molar-refractivity contribution in [3.05, 3.63) is 40.8 Å². The third-order valence-electron chi connectivity index (χ3n) is 4.24. The molecule has 0 spiro atoms. The molecule has 3 rings (SSSR count). The Labute approximate surface area is 129 Å². The summed E-state index contributed by atoms with van der Waals surface area (Å²) < 4.78 is 32.8. The molecule has 0 bridgehead atoms. The highest BCUT2D eigenvalue weighted by atomic mass is 32.2. The molecule has 1 saturated carbocycles. The zero-order valence-electron chi connectivity index (χ0n) is 12.4. The van der Waals surface area contributed by atoms with Gasteiger partial charge in [-0.15, -0.1) is 0 Å². The number of fused-ring (bicyclic) bond motifs is 1. The minimum absolute atomic E-state index is 0.00519. The van der Waals surface area contributed by atoms with Gasteiger partial charge in [-0.25, -0.2) is 17.9 Å². The van der Waals surface area contributed by atoms with Crippen molar-refractivity contribution in [3.63, 3.8) is 0 Å². The number of sulfonamides is 1. The Bertz CT molecular complexity index is 833. The summed E-state index contributed by atoms with van der Waals surface area (Å²) in [4.78, 5) is 11.4. The highest BCUT2D eigenvalue weighted by Gasteiger charge is 2.24. The van der Waals surface area contributed by atoms with Crippen molar-refractivity contribution < 1.29 is 12.8 Å². The normalized spacial score (nSPS) is 22.8. The first kappa shape index (κ1) is 15.2. The van der Waals surface area contributed by atoms with Gasteiger partial charge in [-0.2, -0.15) is 0 Å². The van der Waals surface area contributed by atoms with Crippen LogP contribution in [0, 0.1) is 5.92 Å². The molecule has 1 aromatic heterocycles. The molecule has 1 aromatic carbocycles. The number of benzene rings is 1. The molecule has 5 nitrogen and oxygen atoms in total. The van der Waals surface area contributed by atoms with Crippen molar-refractivity contribution in [1.29, 1.82) is 0 Å². The second kappa shape index (κ2) is 5.85. The Kier molecular flexibility index (Phi) is 4.06. The van der Waals surface area contributed by atoms with Gasteiger partial charge in [0.25, 0.3) is 0 Å². The lowest BCUT2D eigenvalue weighted by molar-refractivity contribution is 0.332. The van der Waals surface area contributed by atoms with Gasteiger partial charge in [0.2, 0.25) is 10.0 Å². The van der Waals surface area contributed by atoms with E-state index in [0.29, 0.717) is 16.9 Å². The predicted molar refractivity (Wildman–Crippen MR) is 84.2 cm³/mol. The van der Waals surface area contributed by atoms with Gasteiger partial charge in [-0.3, -0.25) is 0 Å². The Morgan fingerprint density at radius 3 is 2.55 bits per heavy atom. The monoisotopic (exact) mass is 321 g/mol. The molecule has 0 saturated heterocycles. The zero-order chi connectivity index (χ0) is 15.7. The van der Waals surface area contributed by atoms with Crippen LogP contribution in [0.4, 0.5) is 0 Å². The number of rotatable bonds is 3. The summed E-state index contributed by atoms with van der Waals surface area (Å²) in [7, 11) is -3.55. The Morgan fingerprint density at radius 1 is 1.09 bits per heavy atom. The average Bonchev–Trinajstić information content (AvgIpc) is 2.49. The van der Waals surface area contributed by atoms with Gasteiger partial charge in [0.1, 0.15) is 5.58 Å². The van der Waals surface area contributed by atoms with Crippen molar-refractivity contribution in [2.45, 2.75) is 43.5 Å². The van der Waals surface area contributed by atoms with Gasteiger partial charge >= 0.3 is 5.63 Å². The summed E-state index contributed by atoms with van der Waals surface area (Å²) in [6.07, 6.45) is 3.86. The predicted octanol–water partition coefficient (Wildman–Crippen LogP) is 2.65. The van der Waals surface area contributed by atoms with Crippen molar-refractivity contribution in [2.75, 3.05) is 0 Å². The number of hydrogen-bond donors (Lipinski definition) is 1. The molecular formula is C16H19NO4S. The molecular weight excluding hydrogens is 302 g/mol. The molecule has 0 atom stereocenters. The molecule has 0 radical (unpaired) electrons. The first-order valence-corrected chi connectivity index (χ1v) is 8.98. The van der Waals surface area contributed by atoms with Crippen LogP contribution in [0.1, 0.15) is 32.6 Å². The van der Waals surface area contributed by atoms with Crippen LogP contribution in [0.2, 0.25) is 0 Å². The van der Waals surface area contributed by atoms with Crippen molar-refractivity contribution in [1.82, 2.24) is 4.72 Å². The molecule has 1 aliphatic rings. The molecule has 0 amide bonds. The van der Waals surface area contributed by atoms with Gasteiger partial charge in [-0.1, -0.05) is 6.92 Å². The summed E-state index contributed by atoms with van der Waals surface area (Å²) in [5, 5.41) is 0.597. The molecule has 22 heavy (non-hydrogen) atoms. The SMILES string of the molecule is CC1CCC(NS(=O)(=O)c2ccc3oc(=O)ccc3c2)CC1. The van der Waals surface area contributed by atoms with E-state index in [0.717, 1.165) is 25.7 Å². The molecule has 1 heterocycles. The molecule has 0 unspecified atom stereocenters. The van der Waals surface area contributed by atoms with Crippen LogP contribution < -0.4 is 10.3 Å². The average molecular weight is 321 g/mol. The molecule has 0 aliphatic heterocycles. The van der Waals surface area contributed by atoms with Crippen LogP contribution in [0.3, 0.4) is 0 Å². The summed E-state index contributed by atoms with van der Waals surface area (Å²) in [6, 6.07) is 7.39. The van der Waals surface area contributed by atoms with Gasteiger partial charge in [0.05, 0.1) is 4.90 Å². The summed E-state index contributed by atoms with van der Waals surface area (Å²) in [5.41, 5.74) is -0.0597. The lowest BCUT2D eigenvalue weighted by Crippen LogP contribution is -2.37. The molecule has 1 fully saturated rings. The summed E-state index contributed by atoms with van der Waals surface area (Å²) >= 11 is 0. The molecule has 1 aliphatic carbocycles. The standard InChI is InChI=1S/C16H19NO4S/c1-11-2-5-13(6-3-11)17-22(19,20)14-7-8-15-12(10-14)4-9-16(18)21-15/h4,7-11,13,17H,2-3,5-6H2,1H3. The second-order valence-corrected chi connectivity index (χ2v) is 7.75. The maximum atomic E-state index is 12.5. The highest BCUT2D eigenvalue weighted by molar-refractivity contribution is 7.89. The largest absolute Gasteiger partial charge is 0.423 e. The maximum Gasteiger partial charge on any atom is 0.336 e. The fourth-order valence-corrected chi connectivity index (χ4v) is 4.22. The van der Waals surface area contributed by atoms with E-state index < -0.39 is 15.6 Å². The molecule has 118 valence electrons. The van der Waals surface area contributed by atoms with Crippen LogP contribution in [-0.4, -0.2) is 14.5 Å². The summed E-state index contributed by atoms with van der Waals surface area (Å²) in [5.74, 6) is 0.671. The Balaban J connectivity index is 1.85. The van der Waals surface area contributed by atoms with Crippen LogP contribution in [-0.2, 0) is 10.0 Å². The van der Waals surface area contributed by atoms with Gasteiger partial charge in [-0.05, 0) is 55.9 Å². The van der Waals surface area contributed by atoms with Gasteiger partial charge in [0, 0.05) is 17.5 Å². The third-order valence-corrected chi connectivity index (χ3v) is 5.76. The van der Waals surface area contributed by atoms with Gasteiger partial charge in [0.15, 0.2) is 0 Å². The smallest absolute Gasteiger partial charge is 0.336 e. The van der Waals surface area contributed by atoms with Crippen molar-refractivity contribution >= 4 is 21.0 Å². The minimum Gasteiger partial charge on any atom is -0.423 e. The maximum absolute atomic E-state index is 12.5. The zero-order valence-corrected chi connectivity index (χ0v) is 13.2. The quantitative estimate of drug-likeness (QED) is 0.882.